The number of fused-ring (bicyclic) bond motifs is 4. The first-order chi connectivity index (χ1) is 10.8. The zero-order valence-corrected chi connectivity index (χ0v) is 15.5. The molecule has 0 N–H and O–H groups in total. The Balaban J connectivity index is 1.79. The van der Waals surface area contributed by atoms with Crippen LogP contribution in [0.25, 0.3) is 0 Å². The molecule has 0 saturated heterocycles. The number of ether oxygens (including phenoxy) is 1. The van der Waals surface area contributed by atoms with Gasteiger partial charge < -0.3 is 4.74 Å². The molecule has 2 saturated carbocycles. The summed E-state index contributed by atoms with van der Waals surface area (Å²) >= 11 is 0. The molecule has 4 atom stereocenters. The smallest absolute Gasteiger partial charge is 0.123 e. The number of aryl methyl sites for hydroxylation is 1. The van der Waals surface area contributed by atoms with Crippen molar-refractivity contribution in [1.82, 2.24) is 0 Å². The molecule has 126 valence electrons. The van der Waals surface area contributed by atoms with E-state index in [1.807, 2.05) is 0 Å². The van der Waals surface area contributed by atoms with Crippen molar-refractivity contribution in [3.63, 3.8) is 0 Å². The fourth-order valence-electron chi connectivity index (χ4n) is 6.67. The van der Waals surface area contributed by atoms with Gasteiger partial charge in [-0.3, -0.25) is 0 Å². The summed E-state index contributed by atoms with van der Waals surface area (Å²) in [4.78, 5) is 0. The molecule has 1 heteroatoms. The molecule has 2 aliphatic carbocycles. The lowest BCUT2D eigenvalue weighted by molar-refractivity contribution is -0.162. The van der Waals surface area contributed by atoms with Gasteiger partial charge in [-0.2, -0.15) is 0 Å². The normalized spacial score (nSPS) is 41.3. The van der Waals surface area contributed by atoms with Gasteiger partial charge in [0.25, 0.3) is 0 Å². The largest absolute Gasteiger partial charge is 0.487 e. The van der Waals surface area contributed by atoms with Crippen molar-refractivity contribution in [2.24, 2.45) is 22.7 Å². The van der Waals surface area contributed by atoms with Gasteiger partial charge >= 0.3 is 0 Å². The Morgan fingerprint density at radius 3 is 2.57 bits per heavy atom. The second-order valence-corrected chi connectivity index (χ2v) is 9.66. The van der Waals surface area contributed by atoms with Gasteiger partial charge in [0.1, 0.15) is 11.4 Å². The second kappa shape index (κ2) is 4.77. The standard InChI is InChI=1S/C22H32O/c1-15-8-6-9-17-16(15)14-19-21(4)12-7-11-20(2,3)18(21)10-13-22(19,5)23-17/h6,8-9,18-19H,7,10-14H2,1-5H3/t18-,19+,21-,22-/m0/s1. The van der Waals surface area contributed by atoms with Crippen molar-refractivity contribution in [1.29, 1.82) is 0 Å². The Morgan fingerprint density at radius 1 is 1.00 bits per heavy atom. The average Bonchev–Trinajstić information content (AvgIpc) is 2.45. The summed E-state index contributed by atoms with van der Waals surface area (Å²) in [5.74, 6) is 2.65. The van der Waals surface area contributed by atoms with Crippen LogP contribution in [0, 0.1) is 29.6 Å². The lowest BCUT2D eigenvalue weighted by Gasteiger charge is -2.63. The van der Waals surface area contributed by atoms with Gasteiger partial charge in [0, 0.05) is 5.92 Å². The van der Waals surface area contributed by atoms with Gasteiger partial charge in [-0.15, -0.1) is 0 Å². The quantitative estimate of drug-likeness (QED) is 0.577. The van der Waals surface area contributed by atoms with Crippen molar-refractivity contribution < 1.29 is 4.74 Å². The summed E-state index contributed by atoms with van der Waals surface area (Å²) in [6.45, 7) is 12.3. The zero-order valence-electron chi connectivity index (χ0n) is 15.5. The predicted octanol–water partition coefficient (Wildman–Crippen LogP) is 5.93. The van der Waals surface area contributed by atoms with Gasteiger partial charge in [0.15, 0.2) is 0 Å². The number of rotatable bonds is 0. The van der Waals surface area contributed by atoms with Gasteiger partial charge in [-0.1, -0.05) is 39.3 Å². The van der Waals surface area contributed by atoms with E-state index in [1.54, 1.807) is 0 Å². The summed E-state index contributed by atoms with van der Waals surface area (Å²) in [5.41, 5.74) is 3.82. The molecule has 0 unspecified atom stereocenters. The summed E-state index contributed by atoms with van der Waals surface area (Å²) in [7, 11) is 0. The molecule has 0 spiro atoms. The second-order valence-electron chi connectivity index (χ2n) is 9.66. The Labute approximate surface area is 141 Å². The highest BCUT2D eigenvalue weighted by Gasteiger charge is 2.60. The minimum atomic E-state index is 0.0272. The molecule has 1 aromatic carbocycles. The third-order valence-corrected chi connectivity index (χ3v) is 7.86. The van der Waals surface area contributed by atoms with Crippen molar-refractivity contribution in [2.75, 3.05) is 0 Å². The van der Waals surface area contributed by atoms with Crippen molar-refractivity contribution in [2.45, 2.75) is 78.7 Å². The van der Waals surface area contributed by atoms with Crippen LogP contribution in [0.2, 0.25) is 0 Å². The molecule has 1 aliphatic heterocycles. The SMILES string of the molecule is Cc1cccc2c1C[C@@H]1[C@@]3(C)CCCC(C)(C)[C@@H]3CC[C@]1(C)O2. The van der Waals surface area contributed by atoms with Gasteiger partial charge in [-0.05, 0) is 79.9 Å². The van der Waals surface area contributed by atoms with Crippen LogP contribution < -0.4 is 4.74 Å². The van der Waals surface area contributed by atoms with Crippen LogP contribution in [0.3, 0.4) is 0 Å². The van der Waals surface area contributed by atoms with E-state index in [0.29, 0.717) is 16.7 Å². The summed E-state index contributed by atoms with van der Waals surface area (Å²) < 4.78 is 6.69. The maximum Gasteiger partial charge on any atom is 0.123 e. The topological polar surface area (TPSA) is 9.23 Å². The maximum atomic E-state index is 6.69. The Kier molecular flexibility index (Phi) is 3.22. The highest BCUT2D eigenvalue weighted by atomic mass is 16.5. The fourth-order valence-corrected chi connectivity index (χ4v) is 6.67. The Hall–Kier alpha value is -0.980. The molecule has 1 heterocycles. The first-order valence-electron chi connectivity index (χ1n) is 9.54. The molecule has 0 amide bonds. The highest BCUT2D eigenvalue weighted by Crippen LogP contribution is 2.64. The molecular weight excluding hydrogens is 280 g/mol. The number of hydrogen-bond acceptors (Lipinski definition) is 1. The van der Waals surface area contributed by atoms with E-state index >= 15 is 0 Å². The van der Waals surface area contributed by atoms with Crippen LogP contribution >= 0.6 is 0 Å². The minimum absolute atomic E-state index is 0.0272. The van der Waals surface area contributed by atoms with Crippen molar-refractivity contribution >= 4 is 0 Å². The van der Waals surface area contributed by atoms with Crippen molar-refractivity contribution in [3.05, 3.63) is 29.3 Å². The predicted molar refractivity (Wildman–Crippen MR) is 95.9 cm³/mol. The monoisotopic (exact) mass is 312 g/mol. The lowest BCUT2D eigenvalue weighted by Crippen LogP contribution is -2.61. The summed E-state index contributed by atoms with van der Waals surface area (Å²) in [6, 6.07) is 6.58. The van der Waals surface area contributed by atoms with E-state index in [2.05, 4.69) is 52.8 Å². The Bertz CT molecular complexity index is 631. The van der Waals surface area contributed by atoms with E-state index in [1.165, 1.54) is 49.7 Å². The summed E-state index contributed by atoms with van der Waals surface area (Å²) in [6.07, 6.45) is 7.92. The first kappa shape index (κ1) is 15.5. The molecule has 3 aliphatic rings. The molecule has 1 nitrogen and oxygen atoms in total. The maximum absolute atomic E-state index is 6.69. The third-order valence-electron chi connectivity index (χ3n) is 7.86. The first-order valence-corrected chi connectivity index (χ1v) is 9.54. The highest BCUT2D eigenvalue weighted by molar-refractivity contribution is 5.43. The van der Waals surface area contributed by atoms with Crippen LogP contribution in [0.4, 0.5) is 0 Å². The van der Waals surface area contributed by atoms with E-state index < -0.39 is 0 Å². The summed E-state index contributed by atoms with van der Waals surface area (Å²) in [5, 5.41) is 0. The Morgan fingerprint density at radius 2 is 1.78 bits per heavy atom. The van der Waals surface area contributed by atoms with Crippen LogP contribution in [0.5, 0.6) is 5.75 Å². The van der Waals surface area contributed by atoms with Crippen LogP contribution in [0.15, 0.2) is 18.2 Å². The molecule has 0 bridgehead atoms. The molecule has 1 aromatic rings. The number of benzene rings is 1. The molecular formula is C22H32O. The van der Waals surface area contributed by atoms with E-state index in [4.69, 9.17) is 4.74 Å². The van der Waals surface area contributed by atoms with Crippen LogP contribution in [-0.4, -0.2) is 5.60 Å². The minimum Gasteiger partial charge on any atom is -0.487 e. The van der Waals surface area contributed by atoms with E-state index in [9.17, 15) is 0 Å². The molecule has 2 fully saturated rings. The van der Waals surface area contributed by atoms with Gasteiger partial charge in [-0.25, -0.2) is 0 Å². The van der Waals surface area contributed by atoms with Crippen molar-refractivity contribution in [3.8, 4) is 5.75 Å². The fraction of sp³-hybridized carbons (Fsp3) is 0.727. The zero-order chi connectivity index (χ0) is 16.5. The lowest BCUT2D eigenvalue weighted by atomic mass is 9.44. The van der Waals surface area contributed by atoms with Gasteiger partial charge in [0.05, 0.1) is 0 Å². The average molecular weight is 312 g/mol. The molecule has 0 aromatic heterocycles. The molecule has 4 rings (SSSR count). The molecule has 0 radical (unpaired) electrons. The van der Waals surface area contributed by atoms with Crippen LogP contribution in [0.1, 0.15) is 70.9 Å². The van der Waals surface area contributed by atoms with Crippen LogP contribution in [-0.2, 0) is 6.42 Å². The van der Waals surface area contributed by atoms with E-state index in [0.717, 1.165) is 11.7 Å². The molecule has 23 heavy (non-hydrogen) atoms. The third kappa shape index (κ3) is 2.11. The number of hydrogen-bond donors (Lipinski definition) is 0. The van der Waals surface area contributed by atoms with E-state index in [-0.39, 0.29) is 5.60 Å². The van der Waals surface area contributed by atoms with Gasteiger partial charge in [0.2, 0.25) is 0 Å².